The van der Waals surface area contributed by atoms with Crippen LogP contribution in [0.4, 0.5) is 0 Å². The smallest absolute Gasteiger partial charge is 0.253 e. The van der Waals surface area contributed by atoms with Crippen molar-refractivity contribution in [1.29, 1.82) is 0 Å². The minimum Gasteiger partial charge on any atom is -0.493 e. The molecule has 5 nitrogen and oxygen atoms in total. The topological polar surface area (TPSA) is 63.6 Å². The van der Waals surface area contributed by atoms with Gasteiger partial charge in [0.1, 0.15) is 5.75 Å². The molecule has 25 heavy (non-hydrogen) atoms. The summed E-state index contributed by atoms with van der Waals surface area (Å²) in [5.74, 6) is 1.15. The van der Waals surface area contributed by atoms with Crippen molar-refractivity contribution in [2.45, 2.75) is 31.0 Å². The molecule has 0 radical (unpaired) electrons. The summed E-state index contributed by atoms with van der Waals surface area (Å²) >= 11 is 1.39. The molecule has 6 heteroatoms. The number of hydrogen-bond donors (Lipinski definition) is 1. The number of pyridine rings is 1. The van der Waals surface area contributed by atoms with Crippen LogP contribution in [0.25, 0.3) is 0 Å². The van der Waals surface area contributed by atoms with Gasteiger partial charge in [0.25, 0.3) is 5.91 Å². The fourth-order valence-corrected chi connectivity index (χ4v) is 2.63. The molecule has 0 spiro atoms. The molecule has 1 N–H and O–H groups in total. The third kappa shape index (κ3) is 6.97. The molecule has 1 atom stereocenters. The molecule has 1 aromatic carbocycles. The Bertz CT molecular complexity index is 688. The van der Waals surface area contributed by atoms with Crippen LogP contribution in [0.2, 0.25) is 0 Å². The second kappa shape index (κ2) is 9.84. The minimum absolute atomic E-state index is 0.163. The first kappa shape index (κ1) is 19.0. The standard InChI is InChI=1S/C19H23N3O2S/c1-14(2)13-24-17-9-7-16(8-10-17)12-21-22-19(23)15(3)25-18-6-4-5-11-20-18/h4-12,14-15H,13H2,1-3H3,(H,22,23)/b21-12-/t15-/m0/s1. The molecule has 2 rings (SSSR count). The van der Waals surface area contributed by atoms with Crippen molar-refractivity contribution in [3.8, 4) is 5.75 Å². The molecule has 0 saturated heterocycles. The van der Waals surface area contributed by atoms with E-state index in [0.29, 0.717) is 12.5 Å². The van der Waals surface area contributed by atoms with Gasteiger partial charge in [0, 0.05) is 6.20 Å². The average molecular weight is 357 g/mol. The molecule has 1 amide bonds. The predicted molar refractivity (Wildman–Crippen MR) is 102 cm³/mol. The number of nitrogens with zero attached hydrogens (tertiary/aromatic N) is 2. The Balaban J connectivity index is 1.80. The van der Waals surface area contributed by atoms with Crippen LogP contribution in [0.1, 0.15) is 26.3 Å². The first-order valence-electron chi connectivity index (χ1n) is 8.18. The number of carbonyl (C=O) groups excluding carboxylic acids is 1. The van der Waals surface area contributed by atoms with Gasteiger partial charge in [-0.25, -0.2) is 10.4 Å². The lowest BCUT2D eigenvalue weighted by Crippen LogP contribution is -2.26. The highest BCUT2D eigenvalue weighted by Crippen LogP contribution is 2.20. The summed E-state index contributed by atoms with van der Waals surface area (Å²) in [7, 11) is 0. The minimum atomic E-state index is -0.279. The van der Waals surface area contributed by atoms with Gasteiger partial charge in [-0.3, -0.25) is 4.79 Å². The van der Waals surface area contributed by atoms with Crippen LogP contribution in [0, 0.1) is 5.92 Å². The summed E-state index contributed by atoms with van der Waals surface area (Å²) in [5, 5.41) is 4.54. The monoisotopic (exact) mass is 357 g/mol. The van der Waals surface area contributed by atoms with E-state index in [2.05, 4.69) is 29.4 Å². The Morgan fingerprint density at radius 3 is 2.64 bits per heavy atom. The van der Waals surface area contributed by atoms with E-state index in [1.807, 2.05) is 49.4 Å². The fourth-order valence-electron chi connectivity index (χ4n) is 1.83. The summed E-state index contributed by atoms with van der Waals surface area (Å²) < 4.78 is 5.63. The first-order chi connectivity index (χ1) is 12.0. The summed E-state index contributed by atoms with van der Waals surface area (Å²) in [4.78, 5) is 16.2. The Labute approximate surface area is 152 Å². The number of thioether (sulfide) groups is 1. The zero-order valence-corrected chi connectivity index (χ0v) is 15.5. The summed E-state index contributed by atoms with van der Waals surface area (Å²) in [6.45, 7) is 6.73. The molecule has 0 aliphatic rings. The number of ether oxygens (including phenoxy) is 1. The number of hydrazone groups is 1. The number of carbonyl (C=O) groups is 1. The molecule has 1 aromatic heterocycles. The van der Waals surface area contributed by atoms with E-state index in [4.69, 9.17) is 4.74 Å². The van der Waals surface area contributed by atoms with Crippen molar-refractivity contribution < 1.29 is 9.53 Å². The number of benzene rings is 1. The Kier molecular flexibility index (Phi) is 7.47. The molecular weight excluding hydrogens is 334 g/mol. The van der Waals surface area contributed by atoms with Crippen molar-refractivity contribution in [1.82, 2.24) is 10.4 Å². The summed E-state index contributed by atoms with van der Waals surface area (Å²) in [6, 6.07) is 13.2. The van der Waals surface area contributed by atoms with Gasteiger partial charge >= 0.3 is 0 Å². The maximum atomic E-state index is 12.0. The van der Waals surface area contributed by atoms with E-state index in [1.165, 1.54) is 11.8 Å². The van der Waals surface area contributed by atoms with Gasteiger partial charge in [-0.2, -0.15) is 5.10 Å². The summed E-state index contributed by atoms with van der Waals surface area (Å²) in [6.07, 6.45) is 3.32. The number of amides is 1. The zero-order valence-electron chi connectivity index (χ0n) is 14.7. The second-order valence-electron chi connectivity index (χ2n) is 5.94. The molecule has 0 aliphatic carbocycles. The van der Waals surface area contributed by atoms with Gasteiger partial charge in [0.2, 0.25) is 0 Å². The Morgan fingerprint density at radius 1 is 1.24 bits per heavy atom. The molecule has 0 fully saturated rings. The highest BCUT2D eigenvalue weighted by atomic mass is 32.2. The highest BCUT2D eigenvalue weighted by Gasteiger charge is 2.13. The fraction of sp³-hybridized carbons (Fsp3) is 0.316. The lowest BCUT2D eigenvalue weighted by Gasteiger charge is -2.09. The van der Waals surface area contributed by atoms with Crippen LogP contribution < -0.4 is 10.2 Å². The van der Waals surface area contributed by atoms with Crippen LogP contribution >= 0.6 is 11.8 Å². The van der Waals surface area contributed by atoms with Crippen molar-refractivity contribution in [3.63, 3.8) is 0 Å². The van der Waals surface area contributed by atoms with E-state index in [-0.39, 0.29) is 11.2 Å². The van der Waals surface area contributed by atoms with Crippen LogP contribution in [0.3, 0.4) is 0 Å². The first-order valence-corrected chi connectivity index (χ1v) is 9.06. The maximum Gasteiger partial charge on any atom is 0.253 e. The van der Waals surface area contributed by atoms with Crippen LogP contribution in [-0.4, -0.2) is 29.0 Å². The molecule has 0 saturated carbocycles. The van der Waals surface area contributed by atoms with Gasteiger partial charge in [-0.15, -0.1) is 0 Å². The summed E-state index contributed by atoms with van der Waals surface area (Å²) in [5.41, 5.74) is 3.45. The molecule has 0 aliphatic heterocycles. The third-order valence-corrected chi connectivity index (χ3v) is 4.21. The van der Waals surface area contributed by atoms with Gasteiger partial charge < -0.3 is 4.74 Å². The third-order valence-electron chi connectivity index (χ3n) is 3.16. The Morgan fingerprint density at radius 2 is 2.00 bits per heavy atom. The van der Waals surface area contributed by atoms with E-state index in [1.54, 1.807) is 12.4 Å². The van der Waals surface area contributed by atoms with Crippen molar-refractivity contribution in [2.75, 3.05) is 6.61 Å². The average Bonchev–Trinajstić information content (AvgIpc) is 2.61. The molecule has 2 aromatic rings. The normalized spacial score (nSPS) is 12.3. The molecule has 0 bridgehead atoms. The van der Waals surface area contributed by atoms with Crippen LogP contribution in [-0.2, 0) is 4.79 Å². The zero-order chi connectivity index (χ0) is 18.1. The number of rotatable bonds is 8. The van der Waals surface area contributed by atoms with Crippen LogP contribution in [0.15, 0.2) is 58.8 Å². The highest BCUT2D eigenvalue weighted by molar-refractivity contribution is 8.00. The number of aromatic nitrogens is 1. The van der Waals surface area contributed by atoms with Gasteiger partial charge in [0.15, 0.2) is 0 Å². The second-order valence-corrected chi connectivity index (χ2v) is 7.30. The molecule has 0 unspecified atom stereocenters. The van der Waals surface area contributed by atoms with E-state index in [0.717, 1.165) is 16.3 Å². The van der Waals surface area contributed by atoms with Gasteiger partial charge in [0.05, 0.1) is 23.1 Å². The van der Waals surface area contributed by atoms with Crippen molar-refractivity contribution in [2.24, 2.45) is 11.0 Å². The predicted octanol–water partition coefficient (Wildman–Crippen LogP) is 3.75. The van der Waals surface area contributed by atoms with E-state index >= 15 is 0 Å². The SMILES string of the molecule is CC(C)COc1ccc(/C=N\NC(=O)[C@H](C)Sc2ccccn2)cc1. The maximum absolute atomic E-state index is 12.0. The Hall–Kier alpha value is -2.34. The molecule has 1 heterocycles. The number of hydrogen-bond acceptors (Lipinski definition) is 5. The molecule has 132 valence electrons. The van der Waals surface area contributed by atoms with Crippen molar-refractivity contribution >= 4 is 23.9 Å². The largest absolute Gasteiger partial charge is 0.493 e. The van der Waals surface area contributed by atoms with E-state index in [9.17, 15) is 4.79 Å². The van der Waals surface area contributed by atoms with Gasteiger partial charge in [-0.1, -0.05) is 31.7 Å². The quantitative estimate of drug-likeness (QED) is 0.444. The van der Waals surface area contributed by atoms with E-state index < -0.39 is 0 Å². The lowest BCUT2D eigenvalue weighted by molar-refractivity contribution is -0.120. The van der Waals surface area contributed by atoms with Gasteiger partial charge in [-0.05, 0) is 54.8 Å². The number of nitrogens with one attached hydrogen (secondary N) is 1. The van der Waals surface area contributed by atoms with Crippen LogP contribution in [0.5, 0.6) is 5.75 Å². The molecular formula is C19H23N3O2S. The lowest BCUT2D eigenvalue weighted by atomic mass is 10.2. The van der Waals surface area contributed by atoms with Crippen molar-refractivity contribution in [3.05, 3.63) is 54.2 Å².